The highest BCUT2D eigenvalue weighted by atomic mass is 35.5. The van der Waals surface area contributed by atoms with E-state index in [0.29, 0.717) is 33.3 Å². The second kappa shape index (κ2) is 8.36. The molecule has 3 heterocycles. The predicted molar refractivity (Wildman–Crippen MR) is 123 cm³/mol. The van der Waals surface area contributed by atoms with Crippen molar-refractivity contribution < 1.29 is 9.32 Å². The summed E-state index contributed by atoms with van der Waals surface area (Å²) in [7, 11) is 0. The monoisotopic (exact) mass is 460 g/mol. The maximum absolute atomic E-state index is 12.8. The molecule has 33 heavy (non-hydrogen) atoms. The van der Waals surface area contributed by atoms with E-state index in [1.165, 1.54) is 4.40 Å². The van der Waals surface area contributed by atoms with Gasteiger partial charge in [0.2, 0.25) is 11.7 Å². The number of pyridine rings is 1. The molecule has 0 saturated heterocycles. The summed E-state index contributed by atoms with van der Waals surface area (Å²) in [5.41, 5.74) is 2.60. The molecule has 0 saturated carbocycles. The van der Waals surface area contributed by atoms with Crippen molar-refractivity contribution in [1.82, 2.24) is 24.3 Å². The number of benzene rings is 2. The number of fused-ring (bicyclic) bond motifs is 1. The Morgan fingerprint density at radius 2 is 1.97 bits per heavy atom. The molecule has 1 N–H and O–H groups in total. The summed E-state index contributed by atoms with van der Waals surface area (Å²) in [5, 5.41) is 11.7. The van der Waals surface area contributed by atoms with Crippen LogP contribution < -0.4 is 11.0 Å². The fourth-order valence-electron chi connectivity index (χ4n) is 3.42. The average Bonchev–Trinajstić information content (AvgIpc) is 3.41. The largest absolute Gasteiger partial charge is 0.350 e. The number of carbonyl (C=O) groups is 1. The van der Waals surface area contributed by atoms with E-state index in [4.69, 9.17) is 16.1 Å². The van der Waals surface area contributed by atoms with Crippen LogP contribution in [0.3, 0.4) is 0 Å². The molecule has 5 aromatic rings. The molecule has 10 heteroatoms. The third kappa shape index (κ3) is 4.01. The molecule has 0 bridgehead atoms. The first kappa shape index (κ1) is 20.7. The first-order valence-corrected chi connectivity index (χ1v) is 10.4. The number of hydrogen-bond donors (Lipinski definition) is 1. The van der Waals surface area contributed by atoms with Crippen LogP contribution >= 0.6 is 11.6 Å². The van der Waals surface area contributed by atoms with Crippen molar-refractivity contribution in [1.29, 1.82) is 0 Å². The number of nitrogens with zero attached hydrogens (tertiary/aromatic N) is 5. The van der Waals surface area contributed by atoms with Gasteiger partial charge >= 0.3 is 5.69 Å². The zero-order valence-corrected chi connectivity index (χ0v) is 18.2. The van der Waals surface area contributed by atoms with Gasteiger partial charge in [-0.15, -0.1) is 5.10 Å². The van der Waals surface area contributed by atoms with E-state index >= 15 is 0 Å². The number of halogens is 1. The Bertz CT molecular complexity index is 1550. The molecule has 0 aliphatic carbocycles. The Kier molecular flexibility index (Phi) is 5.23. The van der Waals surface area contributed by atoms with Crippen LogP contribution in [0.5, 0.6) is 0 Å². The van der Waals surface area contributed by atoms with Crippen LogP contribution in [0.15, 0.2) is 76.2 Å². The Labute approximate surface area is 192 Å². The van der Waals surface area contributed by atoms with E-state index in [0.717, 1.165) is 10.2 Å². The Morgan fingerprint density at radius 1 is 1.12 bits per heavy atom. The molecule has 0 fully saturated rings. The number of amides is 1. The van der Waals surface area contributed by atoms with E-state index in [1.54, 1.807) is 42.6 Å². The Morgan fingerprint density at radius 3 is 2.79 bits per heavy atom. The minimum atomic E-state index is -0.457. The van der Waals surface area contributed by atoms with Crippen molar-refractivity contribution in [2.24, 2.45) is 0 Å². The van der Waals surface area contributed by atoms with Crippen LogP contribution in [-0.4, -0.2) is 30.2 Å². The smallest absolute Gasteiger partial charge is 0.333 e. The summed E-state index contributed by atoms with van der Waals surface area (Å²) in [6.45, 7) is 1.65. The fraction of sp³-hybridized carbons (Fsp3) is 0.0870. The van der Waals surface area contributed by atoms with Crippen LogP contribution in [0.2, 0.25) is 5.02 Å². The van der Waals surface area contributed by atoms with Crippen LogP contribution in [0.1, 0.15) is 5.56 Å². The highest BCUT2D eigenvalue weighted by Crippen LogP contribution is 2.25. The van der Waals surface area contributed by atoms with Gasteiger partial charge in [-0.2, -0.15) is 4.98 Å². The molecule has 3 aromatic heterocycles. The number of carbonyl (C=O) groups excluding carboxylic acids is 1. The van der Waals surface area contributed by atoms with Crippen LogP contribution in [0.25, 0.3) is 28.5 Å². The van der Waals surface area contributed by atoms with E-state index in [9.17, 15) is 9.59 Å². The van der Waals surface area contributed by atoms with Gasteiger partial charge in [-0.3, -0.25) is 4.79 Å². The van der Waals surface area contributed by atoms with Gasteiger partial charge in [-0.05, 0) is 42.8 Å². The lowest BCUT2D eigenvalue weighted by Crippen LogP contribution is -2.28. The average molecular weight is 461 g/mol. The van der Waals surface area contributed by atoms with Crippen molar-refractivity contribution in [3.63, 3.8) is 0 Å². The molecular formula is C23H17ClN6O3. The number of aromatic nitrogens is 5. The summed E-state index contributed by atoms with van der Waals surface area (Å²) < 4.78 is 7.86. The van der Waals surface area contributed by atoms with Gasteiger partial charge in [-0.1, -0.05) is 47.1 Å². The highest BCUT2D eigenvalue weighted by Gasteiger charge is 2.19. The fourth-order valence-corrected chi connectivity index (χ4v) is 3.61. The topological polar surface area (TPSA) is 107 Å². The third-order valence-corrected chi connectivity index (χ3v) is 5.30. The minimum absolute atomic E-state index is 0.192. The second-order valence-electron chi connectivity index (χ2n) is 7.35. The highest BCUT2D eigenvalue weighted by molar-refractivity contribution is 6.30. The lowest BCUT2D eigenvalue weighted by Gasteiger charge is -2.07. The van der Waals surface area contributed by atoms with E-state index in [1.807, 2.05) is 31.2 Å². The van der Waals surface area contributed by atoms with Crippen molar-refractivity contribution in [3.8, 4) is 22.8 Å². The second-order valence-corrected chi connectivity index (χ2v) is 7.79. The summed E-state index contributed by atoms with van der Waals surface area (Å²) in [4.78, 5) is 29.8. The van der Waals surface area contributed by atoms with Gasteiger partial charge in [0.1, 0.15) is 6.54 Å². The number of rotatable bonds is 5. The molecule has 1 amide bonds. The lowest BCUT2D eigenvalue weighted by molar-refractivity contribution is -0.117. The van der Waals surface area contributed by atoms with Crippen molar-refractivity contribution in [2.75, 3.05) is 5.32 Å². The zero-order valence-electron chi connectivity index (χ0n) is 17.4. The molecule has 5 rings (SSSR count). The maximum Gasteiger partial charge on any atom is 0.350 e. The van der Waals surface area contributed by atoms with Gasteiger partial charge in [0, 0.05) is 22.5 Å². The molecule has 0 radical (unpaired) electrons. The molecule has 0 atom stereocenters. The predicted octanol–water partition coefficient (Wildman–Crippen LogP) is 3.81. The molecule has 0 aliphatic rings. The first-order valence-electron chi connectivity index (χ1n) is 10.0. The first-order chi connectivity index (χ1) is 16.0. The molecule has 2 aromatic carbocycles. The van der Waals surface area contributed by atoms with Crippen molar-refractivity contribution >= 4 is 28.8 Å². The van der Waals surface area contributed by atoms with Crippen LogP contribution in [-0.2, 0) is 11.3 Å². The Balaban J connectivity index is 1.46. The lowest BCUT2D eigenvalue weighted by atomic mass is 10.2. The standard InChI is InChI=1S/C23H17ClN6O3/c1-14-6-2-3-10-18(14)25-19(31)13-30-23(32)29-11-5-9-17(21(29)27-30)22-26-20(28-33-22)15-7-4-8-16(24)12-15/h2-12H,13H2,1H3,(H,25,31). The van der Waals surface area contributed by atoms with Gasteiger partial charge in [0.05, 0.1) is 5.56 Å². The molecular weight excluding hydrogens is 444 g/mol. The SMILES string of the molecule is Cc1ccccc1NC(=O)Cn1nc2c(-c3nc(-c4cccc(Cl)c4)no3)cccn2c1=O. The minimum Gasteiger partial charge on any atom is -0.333 e. The normalized spacial score (nSPS) is 11.1. The van der Waals surface area contributed by atoms with Gasteiger partial charge in [-0.25, -0.2) is 13.9 Å². The molecule has 164 valence electrons. The van der Waals surface area contributed by atoms with Gasteiger partial charge < -0.3 is 9.84 Å². The number of nitrogens with one attached hydrogen (secondary N) is 1. The van der Waals surface area contributed by atoms with Crippen molar-refractivity contribution in [3.05, 3.63) is 87.9 Å². The van der Waals surface area contributed by atoms with E-state index in [2.05, 4.69) is 20.6 Å². The van der Waals surface area contributed by atoms with Gasteiger partial charge in [0.15, 0.2) is 5.65 Å². The number of anilines is 1. The van der Waals surface area contributed by atoms with Crippen molar-refractivity contribution in [2.45, 2.75) is 13.5 Å². The quantitative estimate of drug-likeness (QED) is 0.427. The molecule has 9 nitrogen and oxygen atoms in total. The van der Waals surface area contributed by atoms with Gasteiger partial charge in [0.25, 0.3) is 5.89 Å². The molecule has 0 aliphatic heterocycles. The summed E-state index contributed by atoms with van der Waals surface area (Å²) in [6.07, 6.45) is 1.57. The van der Waals surface area contributed by atoms with Crippen LogP contribution in [0.4, 0.5) is 5.69 Å². The van der Waals surface area contributed by atoms with E-state index < -0.39 is 5.69 Å². The van der Waals surface area contributed by atoms with Crippen LogP contribution in [0, 0.1) is 6.92 Å². The van der Waals surface area contributed by atoms with E-state index in [-0.39, 0.29) is 18.3 Å². The molecule has 0 unspecified atom stereocenters. The zero-order chi connectivity index (χ0) is 22.9. The Hall–Kier alpha value is -4.24. The molecule has 0 spiro atoms. The summed E-state index contributed by atoms with van der Waals surface area (Å²) in [6, 6.07) is 17.9. The number of hydrogen-bond acceptors (Lipinski definition) is 6. The maximum atomic E-state index is 12.8. The number of aryl methyl sites for hydroxylation is 1. The summed E-state index contributed by atoms with van der Waals surface area (Å²) >= 11 is 6.05. The number of para-hydroxylation sites is 1. The third-order valence-electron chi connectivity index (χ3n) is 5.06. The summed E-state index contributed by atoms with van der Waals surface area (Å²) in [5.74, 6) is 0.184.